The van der Waals surface area contributed by atoms with Crippen LogP contribution in [0.15, 0.2) is 16.8 Å². The fourth-order valence-corrected chi connectivity index (χ4v) is 2.48. The van der Waals surface area contributed by atoms with E-state index in [0.29, 0.717) is 6.10 Å². The Morgan fingerprint density at radius 2 is 2.40 bits per heavy atom. The second-order valence-corrected chi connectivity index (χ2v) is 5.02. The Bertz CT molecular complexity index is 282. The highest BCUT2D eigenvalue weighted by atomic mass is 32.1. The van der Waals surface area contributed by atoms with Crippen molar-refractivity contribution in [1.82, 2.24) is 0 Å². The van der Waals surface area contributed by atoms with E-state index in [1.54, 1.807) is 11.3 Å². The van der Waals surface area contributed by atoms with Crippen molar-refractivity contribution in [2.75, 3.05) is 0 Å². The van der Waals surface area contributed by atoms with Gasteiger partial charge in [-0.05, 0) is 48.1 Å². The third kappa shape index (κ3) is 2.60. The molecule has 2 N–H and O–H groups in total. The van der Waals surface area contributed by atoms with Gasteiger partial charge in [0.1, 0.15) is 0 Å². The Balaban J connectivity index is 2.01. The van der Waals surface area contributed by atoms with Gasteiger partial charge >= 0.3 is 0 Å². The van der Waals surface area contributed by atoms with Gasteiger partial charge in [-0.2, -0.15) is 11.3 Å². The van der Waals surface area contributed by atoms with E-state index in [-0.39, 0.29) is 12.1 Å². The van der Waals surface area contributed by atoms with Crippen molar-refractivity contribution in [3.8, 4) is 0 Å². The monoisotopic (exact) mass is 225 g/mol. The molecule has 0 spiro atoms. The zero-order chi connectivity index (χ0) is 10.7. The highest BCUT2D eigenvalue weighted by molar-refractivity contribution is 7.07. The predicted octanol–water partition coefficient (Wildman–Crippen LogP) is 3.10. The van der Waals surface area contributed by atoms with Crippen LogP contribution in [0.2, 0.25) is 0 Å². The van der Waals surface area contributed by atoms with Crippen LogP contribution in [0.25, 0.3) is 0 Å². The van der Waals surface area contributed by atoms with Crippen molar-refractivity contribution in [3.63, 3.8) is 0 Å². The van der Waals surface area contributed by atoms with E-state index < -0.39 is 0 Å². The first-order chi connectivity index (χ1) is 7.31. The zero-order valence-corrected chi connectivity index (χ0v) is 10.0. The van der Waals surface area contributed by atoms with Crippen molar-refractivity contribution < 1.29 is 4.74 Å². The Morgan fingerprint density at radius 3 is 2.87 bits per heavy atom. The molecule has 84 valence electrons. The molecule has 0 aliphatic heterocycles. The molecule has 2 atom stereocenters. The standard InChI is InChI=1S/C12H19NOS/c1-2-11(13)12(9-6-7-15-8-9)14-10-4-3-5-10/h6-8,10-12H,2-5,13H2,1H3. The lowest BCUT2D eigenvalue weighted by molar-refractivity contribution is -0.0636. The van der Waals surface area contributed by atoms with E-state index in [1.807, 2.05) is 0 Å². The van der Waals surface area contributed by atoms with Crippen LogP contribution < -0.4 is 5.73 Å². The Morgan fingerprint density at radius 1 is 1.60 bits per heavy atom. The van der Waals surface area contributed by atoms with Gasteiger partial charge in [-0.15, -0.1) is 0 Å². The van der Waals surface area contributed by atoms with Crippen LogP contribution in [0.3, 0.4) is 0 Å². The fourth-order valence-electron chi connectivity index (χ4n) is 1.79. The molecule has 1 aromatic heterocycles. The molecule has 1 saturated carbocycles. The smallest absolute Gasteiger partial charge is 0.0987 e. The maximum Gasteiger partial charge on any atom is 0.0987 e. The van der Waals surface area contributed by atoms with Crippen LogP contribution in [-0.2, 0) is 4.74 Å². The summed E-state index contributed by atoms with van der Waals surface area (Å²) in [5.74, 6) is 0. The van der Waals surface area contributed by atoms with Crippen LogP contribution in [-0.4, -0.2) is 12.1 Å². The van der Waals surface area contributed by atoms with E-state index in [0.717, 1.165) is 6.42 Å². The highest BCUT2D eigenvalue weighted by Crippen LogP contribution is 2.31. The second-order valence-electron chi connectivity index (χ2n) is 4.24. The zero-order valence-electron chi connectivity index (χ0n) is 9.19. The predicted molar refractivity (Wildman–Crippen MR) is 64.1 cm³/mol. The Kier molecular flexibility index (Phi) is 3.78. The van der Waals surface area contributed by atoms with Gasteiger partial charge in [0, 0.05) is 6.04 Å². The van der Waals surface area contributed by atoms with Crippen molar-refractivity contribution >= 4 is 11.3 Å². The second kappa shape index (κ2) is 5.10. The third-order valence-electron chi connectivity index (χ3n) is 3.12. The van der Waals surface area contributed by atoms with Gasteiger partial charge in [-0.1, -0.05) is 6.92 Å². The molecule has 1 heterocycles. The molecule has 1 aliphatic rings. The topological polar surface area (TPSA) is 35.2 Å². The average Bonchev–Trinajstić information content (AvgIpc) is 2.68. The largest absolute Gasteiger partial charge is 0.369 e. The molecule has 2 rings (SSSR count). The van der Waals surface area contributed by atoms with Crippen LogP contribution in [0.4, 0.5) is 0 Å². The van der Waals surface area contributed by atoms with Crippen molar-refractivity contribution in [1.29, 1.82) is 0 Å². The number of rotatable bonds is 5. The number of thiophene rings is 1. The summed E-state index contributed by atoms with van der Waals surface area (Å²) in [6, 6.07) is 2.25. The average molecular weight is 225 g/mol. The van der Waals surface area contributed by atoms with E-state index >= 15 is 0 Å². The van der Waals surface area contributed by atoms with E-state index in [9.17, 15) is 0 Å². The molecule has 0 amide bonds. The summed E-state index contributed by atoms with van der Waals surface area (Å²) in [6.07, 6.45) is 5.24. The molecule has 3 heteroatoms. The first kappa shape index (κ1) is 11.1. The van der Waals surface area contributed by atoms with Crippen molar-refractivity contribution in [2.45, 2.75) is 50.9 Å². The number of hydrogen-bond donors (Lipinski definition) is 1. The Labute approximate surface area is 95.4 Å². The molecule has 1 aromatic rings. The van der Waals surface area contributed by atoms with E-state index in [1.165, 1.54) is 24.8 Å². The van der Waals surface area contributed by atoms with Crippen molar-refractivity contribution in [3.05, 3.63) is 22.4 Å². The summed E-state index contributed by atoms with van der Waals surface area (Å²) in [7, 11) is 0. The van der Waals surface area contributed by atoms with Crippen molar-refractivity contribution in [2.24, 2.45) is 5.73 Å². The summed E-state index contributed by atoms with van der Waals surface area (Å²) in [5.41, 5.74) is 7.37. The molecule has 1 fully saturated rings. The van der Waals surface area contributed by atoms with Gasteiger partial charge in [0.15, 0.2) is 0 Å². The normalized spacial score (nSPS) is 20.9. The van der Waals surface area contributed by atoms with Gasteiger partial charge in [0.25, 0.3) is 0 Å². The molecule has 2 unspecified atom stereocenters. The number of nitrogens with two attached hydrogens (primary N) is 1. The van der Waals surface area contributed by atoms with Crippen LogP contribution >= 0.6 is 11.3 Å². The molecule has 0 bridgehead atoms. The first-order valence-electron chi connectivity index (χ1n) is 5.74. The molecular formula is C12H19NOS. The summed E-state index contributed by atoms with van der Waals surface area (Å²) in [6.45, 7) is 2.12. The summed E-state index contributed by atoms with van der Waals surface area (Å²) < 4.78 is 6.07. The van der Waals surface area contributed by atoms with Gasteiger partial charge in [0.2, 0.25) is 0 Å². The fraction of sp³-hybridized carbons (Fsp3) is 0.667. The third-order valence-corrected chi connectivity index (χ3v) is 3.82. The lowest BCUT2D eigenvalue weighted by Crippen LogP contribution is -2.34. The maximum atomic E-state index is 6.12. The molecule has 2 nitrogen and oxygen atoms in total. The van der Waals surface area contributed by atoms with Crippen LogP contribution in [0, 0.1) is 0 Å². The molecule has 0 radical (unpaired) electrons. The molecule has 0 aromatic carbocycles. The SMILES string of the molecule is CCC(N)C(OC1CCC1)c1ccsc1. The highest BCUT2D eigenvalue weighted by Gasteiger charge is 2.27. The molecular weight excluding hydrogens is 206 g/mol. The quantitative estimate of drug-likeness (QED) is 0.835. The number of hydrogen-bond acceptors (Lipinski definition) is 3. The van der Waals surface area contributed by atoms with Gasteiger partial charge < -0.3 is 10.5 Å². The molecule has 0 saturated heterocycles. The minimum absolute atomic E-state index is 0.103. The minimum Gasteiger partial charge on any atom is -0.369 e. The van der Waals surface area contributed by atoms with Gasteiger partial charge in [0.05, 0.1) is 12.2 Å². The number of ether oxygens (including phenoxy) is 1. The van der Waals surface area contributed by atoms with Gasteiger partial charge in [-0.3, -0.25) is 0 Å². The summed E-state index contributed by atoms with van der Waals surface area (Å²) in [4.78, 5) is 0. The summed E-state index contributed by atoms with van der Waals surface area (Å²) in [5, 5.41) is 4.24. The first-order valence-corrected chi connectivity index (χ1v) is 6.68. The lowest BCUT2D eigenvalue weighted by Gasteiger charge is -2.32. The van der Waals surface area contributed by atoms with Crippen LogP contribution in [0.5, 0.6) is 0 Å². The van der Waals surface area contributed by atoms with E-state index in [2.05, 4.69) is 23.8 Å². The lowest BCUT2D eigenvalue weighted by atomic mass is 9.94. The summed E-state index contributed by atoms with van der Waals surface area (Å²) >= 11 is 1.71. The van der Waals surface area contributed by atoms with Crippen LogP contribution in [0.1, 0.15) is 44.3 Å². The maximum absolute atomic E-state index is 6.12. The Hall–Kier alpha value is -0.380. The molecule has 1 aliphatic carbocycles. The van der Waals surface area contributed by atoms with Gasteiger partial charge in [-0.25, -0.2) is 0 Å². The molecule has 15 heavy (non-hydrogen) atoms. The van der Waals surface area contributed by atoms with E-state index in [4.69, 9.17) is 10.5 Å². The minimum atomic E-state index is 0.103.